The second kappa shape index (κ2) is 7.96. The van der Waals surface area contributed by atoms with Gasteiger partial charge in [0.25, 0.3) is 0 Å². The highest BCUT2D eigenvalue weighted by Gasteiger charge is 2.56. The Morgan fingerprint density at radius 1 is 1.25 bits per heavy atom. The lowest BCUT2D eigenvalue weighted by atomic mass is 9.78. The Morgan fingerprint density at radius 2 is 1.93 bits per heavy atom. The monoisotopic (exact) mass is 419 g/mol. The first-order valence-corrected chi connectivity index (χ1v) is 13.8. The van der Waals surface area contributed by atoms with E-state index in [1.165, 1.54) is 11.1 Å². The number of halogens is 1. The second-order valence-corrected chi connectivity index (χ2v) is 14.9. The van der Waals surface area contributed by atoms with Crippen molar-refractivity contribution in [3.63, 3.8) is 0 Å². The van der Waals surface area contributed by atoms with Crippen LogP contribution in [0.5, 0.6) is 0 Å². The van der Waals surface area contributed by atoms with Crippen LogP contribution in [0.3, 0.4) is 0 Å². The van der Waals surface area contributed by atoms with E-state index >= 15 is 0 Å². The quantitative estimate of drug-likeness (QED) is 0.338. The molecule has 2 aliphatic rings. The molecule has 0 radical (unpaired) electrons. The van der Waals surface area contributed by atoms with Crippen molar-refractivity contribution >= 4 is 25.8 Å². The molecule has 28 heavy (non-hydrogen) atoms. The zero-order valence-corrected chi connectivity index (χ0v) is 19.7. The topological polar surface area (TPSA) is 29.5 Å². The van der Waals surface area contributed by atoms with Crippen molar-refractivity contribution in [1.82, 2.24) is 4.90 Å². The molecule has 5 heteroatoms. The van der Waals surface area contributed by atoms with Crippen LogP contribution in [-0.2, 0) is 15.8 Å². The van der Waals surface area contributed by atoms with E-state index < -0.39 is 8.32 Å². The van der Waals surface area contributed by atoms with Gasteiger partial charge >= 0.3 is 0 Å². The van der Waals surface area contributed by atoms with Crippen molar-refractivity contribution in [2.45, 2.75) is 82.8 Å². The molecule has 1 aliphatic heterocycles. The molecule has 0 aromatic heterocycles. The number of likely N-dealkylation sites (tertiary alicyclic amines) is 1. The molecule has 3 nitrogen and oxygen atoms in total. The van der Waals surface area contributed by atoms with Crippen LogP contribution >= 0.6 is 11.6 Å². The zero-order valence-electron chi connectivity index (χ0n) is 17.9. The lowest BCUT2D eigenvalue weighted by molar-refractivity contribution is -0.132. The van der Waals surface area contributed by atoms with Crippen LogP contribution in [0.4, 0.5) is 0 Å². The summed E-state index contributed by atoms with van der Waals surface area (Å²) in [6, 6.07) is 10.3. The Morgan fingerprint density at radius 3 is 2.54 bits per heavy atom. The molecule has 1 spiro atoms. The first-order chi connectivity index (χ1) is 13.1. The predicted octanol–water partition coefficient (Wildman–Crippen LogP) is 5.90. The van der Waals surface area contributed by atoms with Crippen LogP contribution in [0.15, 0.2) is 42.0 Å². The number of benzene rings is 1. The highest BCUT2D eigenvalue weighted by molar-refractivity contribution is 6.74. The number of nitrogens with zero attached hydrogens (tertiary/aromatic N) is 1. The number of alkyl halides is 1. The van der Waals surface area contributed by atoms with Crippen LogP contribution in [0.1, 0.15) is 52.0 Å². The molecule has 1 aliphatic carbocycles. The van der Waals surface area contributed by atoms with Gasteiger partial charge in [-0.2, -0.15) is 0 Å². The number of allylic oxidation sites excluding steroid dienone is 1. The summed E-state index contributed by atoms with van der Waals surface area (Å²) in [4.78, 5) is 15.3. The summed E-state index contributed by atoms with van der Waals surface area (Å²) in [6.45, 7) is 12.0. The predicted molar refractivity (Wildman–Crippen MR) is 119 cm³/mol. The van der Waals surface area contributed by atoms with Gasteiger partial charge in [0.1, 0.15) is 0 Å². The normalized spacial score (nSPS) is 26.1. The van der Waals surface area contributed by atoms with E-state index in [1.807, 2.05) is 18.2 Å². The fraction of sp³-hybridized carbons (Fsp3) is 0.609. The van der Waals surface area contributed by atoms with E-state index in [4.69, 9.17) is 16.0 Å². The van der Waals surface area contributed by atoms with Gasteiger partial charge in [-0.05, 0) is 43.0 Å². The molecule has 1 fully saturated rings. The van der Waals surface area contributed by atoms with Gasteiger partial charge in [0.15, 0.2) is 8.32 Å². The number of carbonyl (C=O) groups is 1. The molecule has 154 valence electrons. The van der Waals surface area contributed by atoms with E-state index in [0.717, 1.165) is 19.3 Å². The molecule has 1 aromatic rings. The SMILES string of the molecule is CC(C)(C)[Si](C)(C)O[C@H]1CC(=O)N(Cc2ccccc2)[C@]12CCC=C(CCl)C2. The summed E-state index contributed by atoms with van der Waals surface area (Å²) in [5.74, 6) is 0.741. The number of hydrogen-bond acceptors (Lipinski definition) is 2. The maximum absolute atomic E-state index is 13.2. The average molecular weight is 420 g/mol. The first kappa shape index (κ1) is 21.6. The Kier molecular flexibility index (Phi) is 6.14. The Bertz CT molecular complexity index is 741. The van der Waals surface area contributed by atoms with Crippen LogP contribution in [0, 0.1) is 0 Å². The van der Waals surface area contributed by atoms with Gasteiger partial charge in [0.2, 0.25) is 5.91 Å². The fourth-order valence-corrected chi connectivity index (χ4v) is 5.83. The molecule has 2 atom stereocenters. The summed E-state index contributed by atoms with van der Waals surface area (Å²) in [5.41, 5.74) is 2.14. The summed E-state index contributed by atoms with van der Waals surface area (Å²) in [5, 5.41) is 0.115. The van der Waals surface area contributed by atoms with Gasteiger partial charge in [-0.3, -0.25) is 4.79 Å². The van der Waals surface area contributed by atoms with E-state index in [9.17, 15) is 4.79 Å². The van der Waals surface area contributed by atoms with E-state index in [-0.39, 0.29) is 22.6 Å². The first-order valence-electron chi connectivity index (χ1n) is 10.4. The minimum atomic E-state index is -1.99. The molecule has 1 saturated heterocycles. The molecule has 0 N–H and O–H groups in total. The molecule has 0 saturated carbocycles. The van der Waals surface area contributed by atoms with E-state index in [1.54, 1.807) is 0 Å². The molecule has 0 bridgehead atoms. The summed E-state index contributed by atoms with van der Waals surface area (Å²) in [6.07, 6.45) is 5.41. The lowest BCUT2D eigenvalue weighted by Crippen LogP contribution is -2.56. The van der Waals surface area contributed by atoms with Crippen LogP contribution in [0.25, 0.3) is 0 Å². The summed E-state index contributed by atoms with van der Waals surface area (Å²) in [7, 11) is -1.99. The highest BCUT2D eigenvalue weighted by Crippen LogP contribution is 2.48. The van der Waals surface area contributed by atoms with Gasteiger partial charge in [0.05, 0.1) is 18.1 Å². The maximum atomic E-state index is 13.2. The third-order valence-corrected chi connectivity index (χ3v) is 11.8. The van der Waals surface area contributed by atoms with E-state index in [0.29, 0.717) is 18.8 Å². The standard InChI is InChI=1S/C23H34ClNO2Si/c1-22(2,3)28(4,5)27-20-14-21(26)25(17-18-10-7-6-8-11-18)23(20)13-9-12-19(15-23)16-24/h6-8,10-12,20H,9,13-17H2,1-5H3/t20-,23-/m0/s1. The van der Waals surface area contributed by atoms with Crippen molar-refractivity contribution in [1.29, 1.82) is 0 Å². The van der Waals surface area contributed by atoms with E-state index in [2.05, 4.69) is 57.0 Å². The minimum Gasteiger partial charge on any atom is -0.411 e. The number of amides is 1. The number of rotatable bonds is 5. The fourth-order valence-electron chi connectivity index (χ4n) is 4.26. The van der Waals surface area contributed by atoms with Crippen molar-refractivity contribution < 1.29 is 9.22 Å². The Hall–Kier alpha value is -1.10. The smallest absolute Gasteiger partial charge is 0.226 e. The Labute approximate surface area is 176 Å². The largest absolute Gasteiger partial charge is 0.411 e. The molecule has 3 rings (SSSR count). The molecule has 1 aromatic carbocycles. The van der Waals surface area contributed by atoms with Gasteiger partial charge in [-0.1, -0.05) is 62.8 Å². The molecular formula is C23H34ClNO2Si. The van der Waals surface area contributed by atoms with Crippen molar-refractivity contribution in [3.05, 3.63) is 47.5 Å². The average Bonchev–Trinajstić information content (AvgIpc) is 2.86. The molecule has 1 heterocycles. The molecule has 1 amide bonds. The van der Waals surface area contributed by atoms with Crippen molar-refractivity contribution in [3.8, 4) is 0 Å². The lowest BCUT2D eigenvalue weighted by Gasteiger charge is -2.48. The van der Waals surface area contributed by atoms with Crippen LogP contribution in [-0.4, -0.2) is 36.6 Å². The van der Waals surface area contributed by atoms with Gasteiger partial charge in [0, 0.05) is 12.4 Å². The number of hydrogen-bond donors (Lipinski definition) is 0. The van der Waals surface area contributed by atoms with Crippen molar-refractivity contribution in [2.75, 3.05) is 5.88 Å². The van der Waals surface area contributed by atoms with Crippen LogP contribution in [0.2, 0.25) is 18.1 Å². The van der Waals surface area contributed by atoms with Crippen molar-refractivity contribution in [2.24, 2.45) is 0 Å². The summed E-state index contributed by atoms with van der Waals surface area (Å²) < 4.78 is 6.89. The van der Waals surface area contributed by atoms with Crippen LogP contribution < -0.4 is 0 Å². The highest BCUT2D eigenvalue weighted by atomic mass is 35.5. The van der Waals surface area contributed by atoms with Gasteiger partial charge in [-0.15, -0.1) is 11.6 Å². The van der Waals surface area contributed by atoms with Gasteiger partial charge < -0.3 is 9.33 Å². The third kappa shape index (κ3) is 4.10. The molecule has 0 unspecified atom stereocenters. The second-order valence-electron chi connectivity index (χ2n) is 9.85. The minimum absolute atomic E-state index is 0.0588. The maximum Gasteiger partial charge on any atom is 0.226 e. The molecular weight excluding hydrogens is 386 g/mol. The summed E-state index contributed by atoms with van der Waals surface area (Å²) >= 11 is 6.24. The van der Waals surface area contributed by atoms with Gasteiger partial charge in [-0.25, -0.2) is 0 Å². The zero-order chi connectivity index (χ0) is 20.6. The Balaban J connectivity index is 1.96. The number of carbonyl (C=O) groups excluding carboxylic acids is 1. The third-order valence-electron chi connectivity index (χ3n) is 6.94.